The molecule has 0 N–H and O–H groups in total. The molecule has 0 aliphatic carbocycles. The fourth-order valence-corrected chi connectivity index (χ4v) is 5.49. The molecule has 5 nitrogen and oxygen atoms in total. The maximum atomic E-state index is 12.0. The van der Waals surface area contributed by atoms with E-state index in [9.17, 15) is 4.79 Å². The van der Waals surface area contributed by atoms with Gasteiger partial charge in [0.15, 0.2) is 8.32 Å². The van der Waals surface area contributed by atoms with Crippen LogP contribution in [0.5, 0.6) is 0 Å². The van der Waals surface area contributed by atoms with Gasteiger partial charge < -0.3 is 14.2 Å². The number of hydrogen-bond acceptors (Lipinski definition) is 4. The van der Waals surface area contributed by atoms with Crippen molar-refractivity contribution in [2.24, 2.45) is 0 Å². The molecule has 1 saturated heterocycles. The molecule has 1 aromatic heterocycles. The predicted molar refractivity (Wildman–Crippen MR) is 135 cm³/mol. The Labute approximate surface area is 193 Å². The van der Waals surface area contributed by atoms with Crippen molar-refractivity contribution in [1.82, 2.24) is 4.98 Å². The second-order valence-corrected chi connectivity index (χ2v) is 15.6. The highest BCUT2D eigenvalue weighted by Gasteiger charge is 2.38. The molecule has 3 heterocycles. The first kappa shape index (κ1) is 23.0. The Balaban J connectivity index is 1.53. The molecule has 0 saturated carbocycles. The molecular formula is C26H37N3O2Si. The number of fused-ring (bicyclic) bond motifs is 1. The minimum atomic E-state index is -1.76. The molecule has 172 valence electrons. The average Bonchev–Trinajstić information content (AvgIpc) is 3.23. The third-order valence-electron chi connectivity index (χ3n) is 7.63. The summed E-state index contributed by atoms with van der Waals surface area (Å²) >= 11 is 0. The van der Waals surface area contributed by atoms with Crippen molar-refractivity contribution in [3.63, 3.8) is 0 Å². The van der Waals surface area contributed by atoms with Gasteiger partial charge in [0.2, 0.25) is 5.91 Å². The third-order valence-corrected chi connectivity index (χ3v) is 12.1. The maximum Gasteiger partial charge on any atom is 0.227 e. The van der Waals surface area contributed by atoms with Crippen LogP contribution >= 0.6 is 0 Å². The molecule has 0 bridgehead atoms. The van der Waals surface area contributed by atoms with E-state index in [2.05, 4.69) is 68.0 Å². The number of hydrogen-bond donors (Lipinski definition) is 0. The molecule has 4 rings (SSSR count). The summed E-state index contributed by atoms with van der Waals surface area (Å²) in [4.78, 5) is 20.8. The van der Waals surface area contributed by atoms with Gasteiger partial charge in [0.1, 0.15) is 0 Å². The summed E-state index contributed by atoms with van der Waals surface area (Å²) in [5, 5.41) is 0.225. The zero-order chi connectivity index (χ0) is 23.1. The second-order valence-electron chi connectivity index (χ2n) is 10.8. The topological polar surface area (TPSA) is 45.7 Å². The summed E-state index contributed by atoms with van der Waals surface area (Å²) in [6.07, 6.45) is 7.67. The number of amides is 1. The number of aryl methyl sites for hydroxylation is 1. The monoisotopic (exact) mass is 451 g/mol. The molecule has 6 heteroatoms. The molecule has 1 fully saturated rings. The van der Waals surface area contributed by atoms with E-state index in [0.29, 0.717) is 12.5 Å². The Morgan fingerprint density at radius 2 is 1.91 bits per heavy atom. The van der Waals surface area contributed by atoms with E-state index < -0.39 is 8.32 Å². The SMILES string of the molecule is CN1C(=O)CCc2cc(-c3cncc(N4CCCC4CO[Si](C)(C)C(C)(C)C)c3)ccc21. The van der Waals surface area contributed by atoms with Gasteiger partial charge >= 0.3 is 0 Å². The molecule has 2 aliphatic rings. The summed E-state index contributed by atoms with van der Waals surface area (Å²) in [5.74, 6) is 0.189. The molecule has 2 aromatic rings. The molecule has 0 radical (unpaired) electrons. The zero-order valence-corrected chi connectivity index (χ0v) is 21.4. The molecule has 0 spiro atoms. The molecule has 1 aromatic carbocycles. The van der Waals surface area contributed by atoms with Crippen LogP contribution in [0.15, 0.2) is 36.7 Å². The van der Waals surface area contributed by atoms with E-state index in [4.69, 9.17) is 4.43 Å². The largest absolute Gasteiger partial charge is 0.415 e. The minimum Gasteiger partial charge on any atom is -0.415 e. The Bertz CT molecular complexity index is 999. The normalized spacial score (nSPS) is 19.4. The standard InChI is InChI=1S/C26H37N3O2Si/c1-26(2,3)32(5,6)31-18-22-8-7-13-29(22)23-15-21(16-27-17-23)19-9-11-24-20(14-19)10-12-25(30)28(24)4/h9,11,14-17,22H,7-8,10,12-13,18H2,1-6H3. The van der Waals surface area contributed by atoms with Crippen LogP contribution < -0.4 is 9.80 Å². The van der Waals surface area contributed by atoms with Gasteiger partial charge in [-0.25, -0.2) is 0 Å². The van der Waals surface area contributed by atoms with Crippen molar-refractivity contribution in [2.75, 3.05) is 30.0 Å². The van der Waals surface area contributed by atoms with Crippen molar-refractivity contribution in [3.05, 3.63) is 42.2 Å². The first-order valence-electron chi connectivity index (χ1n) is 11.8. The molecule has 32 heavy (non-hydrogen) atoms. The van der Waals surface area contributed by atoms with Crippen molar-refractivity contribution in [1.29, 1.82) is 0 Å². The van der Waals surface area contributed by atoms with Crippen molar-refractivity contribution in [3.8, 4) is 11.1 Å². The average molecular weight is 452 g/mol. The first-order chi connectivity index (χ1) is 15.1. The highest BCUT2D eigenvalue weighted by molar-refractivity contribution is 6.74. The van der Waals surface area contributed by atoms with Crippen LogP contribution in [0, 0.1) is 0 Å². The number of anilines is 2. The van der Waals surface area contributed by atoms with Gasteiger partial charge in [0, 0.05) is 37.5 Å². The van der Waals surface area contributed by atoms with Crippen LogP contribution in [0.3, 0.4) is 0 Å². The van der Waals surface area contributed by atoms with E-state index in [-0.39, 0.29) is 10.9 Å². The van der Waals surface area contributed by atoms with Crippen molar-refractivity contribution < 1.29 is 9.22 Å². The number of rotatable bonds is 5. The summed E-state index contributed by atoms with van der Waals surface area (Å²) in [6.45, 7) is 13.4. The Hall–Kier alpha value is -2.18. The molecule has 1 atom stereocenters. The fourth-order valence-electron chi connectivity index (χ4n) is 4.45. The lowest BCUT2D eigenvalue weighted by atomic mass is 9.96. The van der Waals surface area contributed by atoms with Crippen LogP contribution in [-0.2, 0) is 15.6 Å². The van der Waals surface area contributed by atoms with Gasteiger partial charge in [-0.3, -0.25) is 9.78 Å². The number of pyridine rings is 1. The van der Waals surface area contributed by atoms with E-state index >= 15 is 0 Å². The van der Waals surface area contributed by atoms with Crippen molar-refractivity contribution in [2.45, 2.75) is 70.6 Å². The number of benzene rings is 1. The lowest BCUT2D eigenvalue weighted by Crippen LogP contribution is -2.44. The van der Waals surface area contributed by atoms with Crippen LogP contribution in [0.25, 0.3) is 11.1 Å². The quantitative estimate of drug-likeness (QED) is 0.551. The zero-order valence-electron chi connectivity index (χ0n) is 20.4. The number of carbonyl (C=O) groups is 1. The lowest BCUT2D eigenvalue weighted by Gasteiger charge is -2.38. The maximum absolute atomic E-state index is 12.0. The fraction of sp³-hybridized carbons (Fsp3) is 0.538. The summed E-state index contributed by atoms with van der Waals surface area (Å²) in [7, 11) is 0.101. The highest BCUT2D eigenvalue weighted by Crippen LogP contribution is 2.38. The smallest absolute Gasteiger partial charge is 0.227 e. The van der Waals surface area contributed by atoms with Crippen LogP contribution in [0.2, 0.25) is 18.1 Å². The number of nitrogens with zero attached hydrogens (tertiary/aromatic N) is 3. The number of aromatic nitrogens is 1. The Kier molecular flexibility index (Phi) is 6.20. The molecule has 1 unspecified atom stereocenters. The van der Waals surface area contributed by atoms with Gasteiger partial charge in [-0.15, -0.1) is 0 Å². The predicted octanol–water partition coefficient (Wildman–Crippen LogP) is 5.65. The first-order valence-corrected chi connectivity index (χ1v) is 14.7. The minimum absolute atomic E-state index is 0.189. The van der Waals surface area contributed by atoms with Crippen LogP contribution in [0.1, 0.15) is 45.6 Å². The van der Waals surface area contributed by atoms with Gasteiger partial charge in [0.25, 0.3) is 0 Å². The summed E-state index contributed by atoms with van der Waals surface area (Å²) < 4.78 is 6.57. The summed E-state index contributed by atoms with van der Waals surface area (Å²) in [5.41, 5.74) is 5.72. The van der Waals surface area contributed by atoms with Crippen LogP contribution in [-0.4, -0.2) is 45.4 Å². The number of carbonyl (C=O) groups excluding carboxylic acids is 1. The van der Waals surface area contributed by atoms with Crippen molar-refractivity contribution >= 4 is 25.6 Å². The third kappa shape index (κ3) is 4.48. The highest BCUT2D eigenvalue weighted by atomic mass is 28.4. The summed E-state index contributed by atoms with van der Waals surface area (Å²) in [6, 6.07) is 9.07. The molecule has 1 amide bonds. The Morgan fingerprint density at radius 3 is 2.66 bits per heavy atom. The second kappa shape index (κ2) is 8.63. The van der Waals surface area contributed by atoms with Gasteiger partial charge in [-0.1, -0.05) is 26.8 Å². The lowest BCUT2D eigenvalue weighted by molar-refractivity contribution is -0.118. The van der Waals surface area contributed by atoms with E-state index in [0.717, 1.165) is 42.8 Å². The van der Waals surface area contributed by atoms with Gasteiger partial charge in [0.05, 0.1) is 24.5 Å². The van der Waals surface area contributed by atoms with E-state index in [1.165, 1.54) is 17.7 Å². The molecular weight excluding hydrogens is 414 g/mol. The van der Waals surface area contributed by atoms with E-state index in [1.54, 1.807) is 4.90 Å². The van der Waals surface area contributed by atoms with Gasteiger partial charge in [-0.2, -0.15) is 0 Å². The molecule has 2 aliphatic heterocycles. The van der Waals surface area contributed by atoms with Gasteiger partial charge in [-0.05, 0) is 66.7 Å². The van der Waals surface area contributed by atoms with E-state index in [1.807, 2.05) is 19.4 Å². The van der Waals surface area contributed by atoms with Crippen LogP contribution in [0.4, 0.5) is 11.4 Å². The Morgan fingerprint density at radius 1 is 1.12 bits per heavy atom.